The Labute approximate surface area is 97.7 Å². The van der Waals surface area contributed by atoms with Crippen LogP contribution in [-0.4, -0.2) is 24.1 Å². The monoisotopic (exact) mass is 219 g/mol. The van der Waals surface area contributed by atoms with Crippen molar-refractivity contribution in [2.24, 2.45) is 5.73 Å². The van der Waals surface area contributed by atoms with Gasteiger partial charge in [-0.05, 0) is 44.7 Å². The first-order valence-corrected chi connectivity index (χ1v) is 6.09. The number of anilines is 1. The van der Waals surface area contributed by atoms with E-state index in [1.807, 2.05) is 13.0 Å². The summed E-state index contributed by atoms with van der Waals surface area (Å²) < 4.78 is 0. The van der Waals surface area contributed by atoms with E-state index >= 15 is 0 Å². The molecule has 1 aliphatic carbocycles. The second-order valence-electron chi connectivity index (χ2n) is 4.82. The van der Waals surface area contributed by atoms with E-state index < -0.39 is 0 Å². The molecule has 88 valence electrons. The third-order valence-electron chi connectivity index (χ3n) is 3.52. The van der Waals surface area contributed by atoms with Crippen LogP contribution in [0.15, 0.2) is 18.2 Å². The van der Waals surface area contributed by atoms with Crippen molar-refractivity contribution in [3.63, 3.8) is 0 Å². The fourth-order valence-electron chi connectivity index (χ4n) is 2.40. The molecule has 1 aliphatic rings. The highest BCUT2D eigenvalue weighted by Gasteiger charge is 2.22. The van der Waals surface area contributed by atoms with Crippen molar-refractivity contribution in [3.05, 3.63) is 23.9 Å². The van der Waals surface area contributed by atoms with Crippen LogP contribution in [-0.2, 0) is 0 Å². The first kappa shape index (κ1) is 11.4. The lowest BCUT2D eigenvalue weighted by atomic mass is 9.91. The normalized spacial score (nSPS) is 25.4. The van der Waals surface area contributed by atoms with Crippen LogP contribution in [0.4, 0.5) is 5.82 Å². The molecule has 2 N–H and O–H groups in total. The van der Waals surface area contributed by atoms with Gasteiger partial charge in [-0.25, -0.2) is 4.98 Å². The van der Waals surface area contributed by atoms with Gasteiger partial charge in [-0.15, -0.1) is 0 Å². The fourth-order valence-corrected chi connectivity index (χ4v) is 2.40. The number of rotatable bonds is 2. The van der Waals surface area contributed by atoms with Crippen molar-refractivity contribution in [2.45, 2.75) is 44.7 Å². The number of hydrogen-bond donors (Lipinski definition) is 1. The topological polar surface area (TPSA) is 42.1 Å². The summed E-state index contributed by atoms with van der Waals surface area (Å²) in [5.41, 5.74) is 7.01. The van der Waals surface area contributed by atoms with Gasteiger partial charge in [0.05, 0.1) is 0 Å². The Hall–Kier alpha value is -1.09. The molecule has 3 heteroatoms. The molecule has 2 rings (SSSR count). The lowest BCUT2D eigenvalue weighted by molar-refractivity contribution is 0.384. The minimum atomic E-state index is 0.412. The standard InChI is InChI=1S/C13H21N3/c1-10-4-3-5-13(15-10)16(2)12-8-6-11(14)7-9-12/h3-5,11-12H,6-9,14H2,1-2H3. The maximum atomic E-state index is 5.93. The molecule has 1 aromatic heterocycles. The highest BCUT2D eigenvalue weighted by atomic mass is 15.2. The maximum Gasteiger partial charge on any atom is 0.128 e. The highest BCUT2D eigenvalue weighted by molar-refractivity contribution is 5.39. The van der Waals surface area contributed by atoms with E-state index in [1.54, 1.807) is 0 Å². The molecule has 16 heavy (non-hydrogen) atoms. The van der Waals surface area contributed by atoms with Crippen molar-refractivity contribution in [2.75, 3.05) is 11.9 Å². The van der Waals surface area contributed by atoms with Gasteiger partial charge in [0.1, 0.15) is 5.82 Å². The van der Waals surface area contributed by atoms with Gasteiger partial charge in [0.15, 0.2) is 0 Å². The van der Waals surface area contributed by atoms with Gasteiger partial charge in [-0.2, -0.15) is 0 Å². The summed E-state index contributed by atoms with van der Waals surface area (Å²) in [4.78, 5) is 6.87. The molecule has 1 fully saturated rings. The zero-order valence-corrected chi connectivity index (χ0v) is 10.2. The van der Waals surface area contributed by atoms with E-state index in [9.17, 15) is 0 Å². The minimum Gasteiger partial charge on any atom is -0.357 e. The van der Waals surface area contributed by atoms with Crippen molar-refractivity contribution < 1.29 is 0 Å². The molecule has 0 bridgehead atoms. The van der Waals surface area contributed by atoms with E-state index in [-0.39, 0.29) is 0 Å². The maximum absolute atomic E-state index is 5.93. The molecule has 0 saturated heterocycles. The zero-order valence-electron chi connectivity index (χ0n) is 10.2. The molecule has 3 nitrogen and oxygen atoms in total. The second-order valence-corrected chi connectivity index (χ2v) is 4.82. The van der Waals surface area contributed by atoms with Crippen molar-refractivity contribution in [3.8, 4) is 0 Å². The molecule has 1 saturated carbocycles. The quantitative estimate of drug-likeness (QED) is 0.828. The Morgan fingerprint density at radius 3 is 2.56 bits per heavy atom. The number of hydrogen-bond acceptors (Lipinski definition) is 3. The van der Waals surface area contributed by atoms with Crippen LogP contribution in [0.3, 0.4) is 0 Å². The Bertz CT molecular complexity index is 343. The number of nitrogens with zero attached hydrogens (tertiary/aromatic N) is 2. The average molecular weight is 219 g/mol. The van der Waals surface area contributed by atoms with Crippen LogP contribution >= 0.6 is 0 Å². The summed E-state index contributed by atoms with van der Waals surface area (Å²) in [6.07, 6.45) is 4.65. The number of nitrogens with two attached hydrogens (primary N) is 1. The molecule has 0 aliphatic heterocycles. The van der Waals surface area contributed by atoms with E-state index in [0.29, 0.717) is 12.1 Å². The molecular weight excluding hydrogens is 198 g/mol. The second kappa shape index (κ2) is 4.83. The van der Waals surface area contributed by atoms with Gasteiger partial charge in [0.2, 0.25) is 0 Å². The van der Waals surface area contributed by atoms with Crippen molar-refractivity contribution in [1.82, 2.24) is 4.98 Å². The van der Waals surface area contributed by atoms with Crippen LogP contribution in [0.25, 0.3) is 0 Å². The summed E-state index contributed by atoms with van der Waals surface area (Å²) in [5, 5.41) is 0. The van der Waals surface area contributed by atoms with Gasteiger partial charge >= 0.3 is 0 Å². The summed E-state index contributed by atoms with van der Waals surface area (Å²) >= 11 is 0. The smallest absolute Gasteiger partial charge is 0.128 e. The Morgan fingerprint density at radius 1 is 1.25 bits per heavy atom. The van der Waals surface area contributed by atoms with Crippen molar-refractivity contribution in [1.29, 1.82) is 0 Å². The minimum absolute atomic E-state index is 0.412. The molecule has 0 spiro atoms. The first-order chi connectivity index (χ1) is 7.66. The largest absolute Gasteiger partial charge is 0.357 e. The Kier molecular flexibility index (Phi) is 3.44. The Balaban J connectivity index is 2.04. The van der Waals surface area contributed by atoms with Gasteiger partial charge in [-0.3, -0.25) is 0 Å². The summed E-state index contributed by atoms with van der Waals surface area (Å²) in [7, 11) is 2.14. The van der Waals surface area contributed by atoms with Crippen LogP contribution in [0.2, 0.25) is 0 Å². The molecular formula is C13H21N3. The number of aryl methyl sites for hydroxylation is 1. The fraction of sp³-hybridized carbons (Fsp3) is 0.615. The lowest BCUT2D eigenvalue weighted by Crippen LogP contribution is -2.39. The SMILES string of the molecule is Cc1cccc(N(C)C2CCC(N)CC2)n1. The van der Waals surface area contributed by atoms with Gasteiger partial charge in [-0.1, -0.05) is 6.07 Å². The first-order valence-electron chi connectivity index (χ1n) is 6.09. The molecule has 0 unspecified atom stereocenters. The predicted molar refractivity (Wildman–Crippen MR) is 67.6 cm³/mol. The zero-order chi connectivity index (χ0) is 11.5. The molecule has 0 aromatic carbocycles. The third-order valence-corrected chi connectivity index (χ3v) is 3.52. The molecule has 0 radical (unpaired) electrons. The van der Waals surface area contributed by atoms with E-state index in [4.69, 9.17) is 5.73 Å². The van der Waals surface area contributed by atoms with Gasteiger partial charge < -0.3 is 10.6 Å². The molecule has 0 amide bonds. The van der Waals surface area contributed by atoms with Crippen LogP contribution in [0.1, 0.15) is 31.4 Å². The summed E-state index contributed by atoms with van der Waals surface area (Å²) in [6.45, 7) is 2.04. The van der Waals surface area contributed by atoms with E-state index in [0.717, 1.165) is 24.4 Å². The van der Waals surface area contributed by atoms with Crippen molar-refractivity contribution >= 4 is 5.82 Å². The van der Waals surface area contributed by atoms with E-state index in [2.05, 4.69) is 29.1 Å². The molecule has 0 atom stereocenters. The average Bonchev–Trinajstić information content (AvgIpc) is 2.29. The summed E-state index contributed by atoms with van der Waals surface area (Å²) in [5.74, 6) is 1.08. The van der Waals surface area contributed by atoms with Gasteiger partial charge in [0.25, 0.3) is 0 Å². The van der Waals surface area contributed by atoms with Crippen LogP contribution in [0, 0.1) is 6.92 Å². The number of aromatic nitrogens is 1. The third kappa shape index (κ3) is 2.53. The Morgan fingerprint density at radius 2 is 1.94 bits per heavy atom. The van der Waals surface area contributed by atoms with Crippen LogP contribution in [0.5, 0.6) is 0 Å². The predicted octanol–water partition coefficient (Wildman–Crippen LogP) is 2.10. The summed E-state index contributed by atoms with van der Waals surface area (Å²) in [6, 6.07) is 7.21. The lowest BCUT2D eigenvalue weighted by Gasteiger charge is -2.34. The highest BCUT2D eigenvalue weighted by Crippen LogP contribution is 2.24. The van der Waals surface area contributed by atoms with Crippen LogP contribution < -0.4 is 10.6 Å². The van der Waals surface area contributed by atoms with E-state index in [1.165, 1.54) is 12.8 Å². The molecule has 1 aromatic rings. The number of pyridine rings is 1. The molecule has 1 heterocycles. The van der Waals surface area contributed by atoms with Gasteiger partial charge in [0, 0.05) is 24.8 Å².